The standard InChI is InChI=1S/C16H29N3O3S/c1-2-11-23(21,22)18-13-3-9-19(10-4-13)15(20)14-12-16(14)5-7-17-8-6-16/h13-14,17-18H,2-12H2,1H3. The van der Waals surface area contributed by atoms with Crippen LogP contribution < -0.4 is 10.0 Å². The molecule has 2 saturated heterocycles. The molecule has 1 spiro atoms. The van der Waals surface area contributed by atoms with E-state index in [-0.39, 0.29) is 23.1 Å². The number of hydrogen-bond donors (Lipinski definition) is 2. The van der Waals surface area contributed by atoms with Crippen LogP contribution in [0.1, 0.15) is 45.4 Å². The van der Waals surface area contributed by atoms with E-state index < -0.39 is 10.0 Å². The summed E-state index contributed by atoms with van der Waals surface area (Å²) in [5, 5.41) is 3.37. The van der Waals surface area contributed by atoms with E-state index in [0.29, 0.717) is 25.4 Å². The second-order valence-electron chi connectivity index (χ2n) is 7.41. The van der Waals surface area contributed by atoms with Crippen LogP contribution in [0.5, 0.6) is 0 Å². The number of hydrogen-bond acceptors (Lipinski definition) is 4. The quantitative estimate of drug-likeness (QED) is 0.770. The molecule has 132 valence electrons. The van der Waals surface area contributed by atoms with E-state index >= 15 is 0 Å². The number of piperidine rings is 2. The van der Waals surface area contributed by atoms with Crippen molar-refractivity contribution in [3.8, 4) is 0 Å². The molecule has 1 amide bonds. The van der Waals surface area contributed by atoms with Gasteiger partial charge in [-0.1, -0.05) is 6.92 Å². The topological polar surface area (TPSA) is 78.5 Å². The number of sulfonamides is 1. The Morgan fingerprint density at radius 3 is 2.52 bits per heavy atom. The average Bonchev–Trinajstić information content (AvgIpc) is 3.20. The lowest BCUT2D eigenvalue weighted by atomic mass is 9.91. The molecule has 1 atom stereocenters. The molecule has 0 bridgehead atoms. The van der Waals surface area contributed by atoms with Crippen LogP contribution in [0.15, 0.2) is 0 Å². The summed E-state index contributed by atoms with van der Waals surface area (Å²) in [7, 11) is -3.16. The summed E-state index contributed by atoms with van der Waals surface area (Å²) in [4.78, 5) is 14.7. The summed E-state index contributed by atoms with van der Waals surface area (Å²) in [5.41, 5.74) is 0.280. The number of carbonyl (C=O) groups excluding carboxylic acids is 1. The Kier molecular flexibility index (Phi) is 4.99. The minimum atomic E-state index is -3.16. The van der Waals surface area contributed by atoms with Crippen molar-refractivity contribution in [2.75, 3.05) is 31.9 Å². The summed E-state index contributed by atoms with van der Waals surface area (Å²) >= 11 is 0. The van der Waals surface area contributed by atoms with Crippen LogP contribution in [0, 0.1) is 11.3 Å². The Morgan fingerprint density at radius 2 is 1.91 bits per heavy atom. The van der Waals surface area contributed by atoms with E-state index in [1.54, 1.807) is 0 Å². The van der Waals surface area contributed by atoms with E-state index in [4.69, 9.17) is 0 Å². The van der Waals surface area contributed by atoms with Gasteiger partial charge in [0.2, 0.25) is 15.9 Å². The van der Waals surface area contributed by atoms with E-state index in [1.807, 2.05) is 11.8 Å². The molecule has 2 N–H and O–H groups in total. The molecule has 6 nitrogen and oxygen atoms in total. The largest absolute Gasteiger partial charge is 0.342 e. The van der Waals surface area contributed by atoms with Crippen LogP contribution in [0.25, 0.3) is 0 Å². The van der Waals surface area contributed by atoms with Gasteiger partial charge in [0.1, 0.15) is 0 Å². The molecule has 3 fully saturated rings. The van der Waals surface area contributed by atoms with Crippen LogP contribution in [0.2, 0.25) is 0 Å². The fourth-order valence-corrected chi connectivity index (χ4v) is 5.59. The van der Waals surface area contributed by atoms with Gasteiger partial charge in [0.05, 0.1) is 5.75 Å². The zero-order valence-corrected chi connectivity index (χ0v) is 14.8. The summed E-state index contributed by atoms with van der Waals surface area (Å²) in [6.07, 6.45) is 5.39. The lowest BCUT2D eigenvalue weighted by molar-refractivity contribution is -0.134. The van der Waals surface area contributed by atoms with Gasteiger partial charge < -0.3 is 10.2 Å². The summed E-state index contributed by atoms with van der Waals surface area (Å²) in [6.45, 7) is 5.30. The van der Waals surface area contributed by atoms with Gasteiger partial charge >= 0.3 is 0 Å². The molecule has 0 aromatic rings. The van der Waals surface area contributed by atoms with Gasteiger partial charge in [-0.15, -0.1) is 0 Å². The average molecular weight is 343 g/mol. The predicted octanol–water partition coefficient (Wildman–Crippen LogP) is 0.697. The van der Waals surface area contributed by atoms with Crippen molar-refractivity contribution in [2.45, 2.75) is 51.5 Å². The highest BCUT2D eigenvalue weighted by Gasteiger charge is 2.58. The van der Waals surface area contributed by atoms with E-state index in [9.17, 15) is 13.2 Å². The number of rotatable bonds is 5. The number of amides is 1. The molecular formula is C16H29N3O3S. The van der Waals surface area contributed by atoms with Crippen LogP contribution in [-0.4, -0.2) is 57.2 Å². The number of carbonyl (C=O) groups is 1. The van der Waals surface area contributed by atoms with Gasteiger partial charge in [0.25, 0.3) is 0 Å². The summed E-state index contributed by atoms with van der Waals surface area (Å²) < 4.78 is 26.5. The second kappa shape index (κ2) is 6.69. The fourth-order valence-electron chi connectivity index (χ4n) is 4.19. The SMILES string of the molecule is CCCS(=O)(=O)NC1CCN(C(=O)C2CC23CCNCC3)CC1. The number of nitrogens with zero attached hydrogens (tertiary/aromatic N) is 1. The third-order valence-corrected chi connectivity index (χ3v) is 7.35. The molecule has 0 aromatic heterocycles. The molecule has 23 heavy (non-hydrogen) atoms. The van der Waals surface area contributed by atoms with Crippen LogP contribution >= 0.6 is 0 Å². The Hall–Kier alpha value is -0.660. The minimum absolute atomic E-state index is 0.0114. The Bertz CT molecular complexity index is 535. The van der Waals surface area contributed by atoms with Crippen molar-refractivity contribution in [3.05, 3.63) is 0 Å². The van der Waals surface area contributed by atoms with Gasteiger partial charge in [-0.05, 0) is 57.0 Å². The number of likely N-dealkylation sites (tertiary alicyclic amines) is 1. The molecule has 7 heteroatoms. The molecule has 1 unspecified atom stereocenters. The minimum Gasteiger partial charge on any atom is -0.342 e. The van der Waals surface area contributed by atoms with Crippen molar-refractivity contribution in [1.29, 1.82) is 0 Å². The first kappa shape index (κ1) is 17.2. The van der Waals surface area contributed by atoms with Crippen molar-refractivity contribution in [1.82, 2.24) is 14.9 Å². The molecule has 3 aliphatic rings. The lowest BCUT2D eigenvalue weighted by Gasteiger charge is -2.33. The van der Waals surface area contributed by atoms with Crippen molar-refractivity contribution in [2.24, 2.45) is 11.3 Å². The molecule has 2 aliphatic heterocycles. The molecule has 2 heterocycles. The molecular weight excluding hydrogens is 314 g/mol. The van der Waals surface area contributed by atoms with Gasteiger partial charge in [-0.2, -0.15) is 0 Å². The highest BCUT2D eigenvalue weighted by Crippen LogP contribution is 2.59. The first-order valence-electron chi connectivity index (χ1n) is 8.95. The summed E-state index contributed by atoms with van der Waals surface area (Å²) in [5.74, 6) is 0.713. The molecule has 0 radical (unpaired) electrons. The zero-order chi connectivity index (χ0) is 16.5. The Labute approximate surface area is 139 Å². The van der Waals surface area contributed by atoms with Gasteiger partial charge in [0.15, 0.2) is 0 Å². The fraction of sp³-hybridized carbons (Fsp3) is 0.938. The maximum atomic E-state index is 12.7. The maximum absolute atomic E-state index is 12.7. The highest BCUT2D eigenvalue weighted by atomic mass is 32.2. The van der Waals surface area contributed by atoms with E-state index in [2.05, 4.69) is 10.0 Å². The monoisotopic (exact) mass is 343 g/mol. The lowest BCUT2D eigenvalue weighted by Crippen LogP contribution is -2.47. The van der Waals surface area contributed by atoms with Crippen molar-refractivity contribution < 1.29 is 13.2 Å². The maximum Gasteiger partial charge on any atom is 0.226 e. The third kappa shape index (κ3) is 3.88. The van der Waals surface area contributed by atoms with Crippen LogP contribution in [0.3, 0.4) is 0 Å². The smallest absolute Gasteiger partial charge is 0.226 e. The van der Waals surface area contributed by atoms with Gasteiger partial charge in [0, 0.05) is 25.0 Å². The van der Waals surface area contributed by atoms with E-state index in [0.717, 1.165) is 45.2 Å². The molecule has 1 saturated carbocycles. The van der Waals surface area contributed by atoms with Crippen LogP contribution in [0.4, 0.5) is 0 Å². The zero-order valence-electron chi connectivity index (χ0n) is 14.0. The van der Waals surface area contributed by atoms with Gasteiger partial charge in [-0.3, -0.25) is 4.79 Å². The third-order valence-electron chi connectivity index (χ3n) is 5.71. The second-order valence-corrected chi connectivity index (χ2v) is 9.28. The molecule has 0 aromatic carbocycles. The normalized spacial score (nSPS) is 28.0. The first-order chi connectivity index (χ1) is 11.0. The van der Waals surface area contributed by atoms with Crippen molar-refractivity contribution in [3.63, 3.8) is 0 Å². The van der Waals surface area contributed by atoms with Crippen LogP contribution in [-0.2, 0) is 14.8 Å². The first-order valence-corrected chi connectivity index (χ1v) is 10.6. The van der Waals surface area contributed by atoms with Crippen molar-refractivity contribution >= 4 is 15.9 Å². The predicted molar refractivity (Wildman–Crippen MR) is 89.5 cm³/mol. The highest BCUT2D eigenvalue weighted by molar-refractivity contribution is 7.89. The molecule has 1 aliphatic carbocycles. The van der Waals surface area contributed by atoms with E-state index in [1.165, 1.54) is 0 Å². The Morgan fingerprint density at radius 1 is 1.26 bits per heavy atom. The van der Waals surface area contributed by atoms with Gasteiger partial charge in [-0.25, -0.2) is 13.1 Å². The Balaban J connectivity index is 1.47. The number of nitrogens with one attached hydrogen (secondary N) is 2. The molecule has 3 rings (SSSR count). The summed E-state index contributed by atoms with van der Waals surface area (Å²) in [6, 6.07) is -0.0114.